The molecule has 4 aliphatic rings. The number of fused-ring (bicyclic) bond motifs is 5. The lowest BCUT2D eigenvalue weighted by Crippen LogP contribution is -2.60. The summed E-state index contributed by atoms with van der Waals surface area (Å²) in [4.78, 5) is 26.8. The minimum atomic E-state index is -0.751. The summed E-state index contributed by atoms with van der Waals surface area (Å²) in [6.07, 6.45) is 16.9. The summed E-state index contributed by atoms with van der Waals surface area (Å²) in [5.41, 5.74) is -0.253. The molecule has 4 fully saturated rings. The summed E-state index contributed by atoms with van der Waals surface area (Å²) in [6, 6.07) is 0. The van der Waals surface area contributed by atoms with Crippen LogP contribution in [0.25, 0.3) is 0 Å². The first-order valence-corrected chi connectivity index (χ1v) is 20.5. The molecule has 0 aromatic heterocycles. The van der Waals surface area contributed by atoms with Gasteiger partial charge in [0.2, 0.25) is 0 Å². The molecule has 0 bridgehead atoms. The Hall–Kier alpha value is -0.980. The van der Waals surface area contributed by atoms with Crippen molar-refractivity contribution in [2.45, 2.75) is 195 Å². The second-order valence-electron chi connectivity index (χ2n) is 18.1. The van der Waals surface area contributed by atoms with Gasteiger partial charge < -0.3 is 20.1 Å². The van der Waals surface area contributed by atoms with E-state index >= 15 is 0 Å². The Morgan fingerprint density at radius 1 is 0.833 bits per heavy atom. The van der Waals surface area contributed by atoms with Gasteiger partial charge in [-0.1, -0.05) is 113 Å². The van der Waals surface area contributed by atoms with E-state index in [4.69, 9.17) is 4.74 Å². The summed E-state index contributed by atoms with van der Waals surface area (Å²) in [7, 11) is 0. The molecule has 0 radical (unpaired) electrons. The van der Waals surface area contributed by atoms with Crippen LogP contribution < -0.4 is 0 Å². The van der Waals surface area contributed by atoms with Crippen LogP contribution in [0.15, 0.2) is 0 Å². The van der Waals surface area contributed by atoms with E-state index in [2.05, 4.69) is 41.5 Å². The van der Waals surface area contributed by atoms with Crippen molar-refractivity contribution in [2.24, 2.45) is 58.2 Å². The van der Waals surface area contributed by atoms with E-state index in [1.54, 1.807) is 0 Å². The van der Waals surface area contributed by atoms with E-state index in [1.165, 1.54) is 51.4 Å². The maximum absolute atomic E-state index is 14.0. The Kier molecular flexibility index (Phi) is 14.5. The average molecular weight is 675 g/mol. The van der Waals surface area contributed by atoms with Gasteiger partial charge in [0.1, 0.15) is 11.9 Å². The fourth-order valence-corrected chi connectivity index (χ4v) is 11.5. The molecule has 4 saturated carbocycles. The van der Waals surface area contributed by atoms with Crippen molar-refractivity contribution in [3.05, 3.63) is 0 Å². The minimum Gasteiger partial charge on any atom is -0.460 e. The number of aliphatic hydroxyl groups is 3. The number of hydrogen-bond acceptors (Lipinski definition) is 6. The van der Waals surface area contributed by atoms with Crippen molar-refractivity contribution in [1.82, 2.24) is 0 Å². The SMILES string of the molecule is CCCCCCCCCCCCCC(=O)O[C@@H]1C[C@@H]2C(=O)C[C@@H]3[C@H](CC[C@]4(C)[C@@H]([C@H](C)[C@@H](O)[C@H](O)[C@H](C)C(C)C)CC[C@@H]34)[C@@]2(C)C[C@H]1O. The third-order valence-electron chi connectivity index (χ3n) is 14.9. The molecule has 0 unspecified atom stereocenters. The van der Waals surface area contributed by atoms with Gasteiger partial charge in [0.25, 0.3) is 0 Å². The first kappa shape index (κ1) is 39.8. The normalized spacial score (nSPS) is 37.3. The third kappa shape index (κ3) is 8.72. The first-order chi connectivity index (χ1) is 22.8. The largest absolute Gasteiger partial charge is 0.460 e. The van der Waals surface area contributed by atoms with Crippen LogP contribution in [0.3, 0.4) is 0 Å². The third-order valence-corrected chi connectivity index (χ3v) is 14.9. The van der Waals surface area contributed by atoms with Crippen LogP contribution in [0, 0.1) is 58.2 Å². The lowest BCUT2D eigenvalue weighted by atomic mass is 9.43. The van der Waals surface area contributed by atoms with Crippen molar-refractivity contribution in [3.63, 3.8) is 0 Å². The highest BCUT2D eigenvalue weighted by molar-refractivity contribution is 5.83. The summed E-state index contributed by atoms with van der Waals surface area (Å²) in [5, 5.41) is 33.7. The minimum absolute atomic E-state index is 0.00701. The van der Waals surface area contributed by atoms with Crippen molar-refractivity contribution in [2.75, 3.05) is 0 Å². The fraction of sp³-hybridized carbons (Fsp3) is 0.952. The van der Waals surface area contributed by atoms with Gasteiger partial charge in [-0.25, -0.2) is 0 Å². The lowest BCUT2D eigenvalue weighted by molar-refractivity contribution is -0.187. The predicted octanol–water partition coefficient (Wildman–Crippen LogP) is 9.06. The summed E-state index contributed by atoms with van der Waals surface area (Å²) >= 11 is 0. The van der Waals surface area contributed by atoms with E-state index in [9.17, 15) is 24.9 Å². The van der Waals surface area contributed by atoms with E-state index in [1.807, 2.05) is 6.92 Å². The lowest BCUT2D eigenvalue weighted by Gasteiger charge is -2.61. The van der Waals surface area contributed by atoms with Crippen LogP contribution in [0.2, 0.25) is 0 Å². The monoisotopic (exact) mass is 675 g/mol. The van der Waals surface area contributed by atoms with Gasteiger partial charge in [0.05, 0.1) is 18.3 Å². The number of esters is 1. The molecule has 13 atom stereocenters. The maximum atomic E-state index is 14.0. The Morgan fingerprint density at radius 2 is 1.42 bits per heavy atom. The quantitative estimate of drug-likeness (QED) is 0.0990. The van der Waals surface area contributed by atoms with Gasteiger partial charge in [-0.2, -0.15) is 0 Å². The Morgan fingerprint density at radius 3 is 2.02 bits per heavy atom. The van der Waals surface area contributed by atoms with E-state index < -0.39 is 24.4 Å². The Bertz CT molecular complexity index is 1030. The fourth-order valence-electron chi connectivity index (χ4n) is 11.5. The van der Waals surface area contributed by atoms with Crippen LogP contribution in [0.4, 0.5) is 0 Å². The van der Waals surface area contributed by atoms with Crippen LogP contribution in [-0.2, 0) is 14.3 Å². The van der Waals surface area contributed by atoms with Gasteiger partial charge in [0, 0.05) is 18.8 Å². The van der Waals surface area contributed by atoms with E-state index in [0.29, 0.717) is 61.1 Å². The van der Waals surface area contributed by atoms with Crippen LogP contribution in [0.1, 0.15) is 170 Å². The Labute approximate surface area is 293 Å². The van der Waals surface area contributed by atoms with Gasteiger partial charge >= 0.3 is 5.97 Å². The van der Waals surface area contributed by atoms with Crippen molar-refractivity contribution in [3.8, 4) is 0 Å². The smallest absolute Gasteiger partial charge is 0.306 e. The van der Waals surface area contributed by atoms with E-state index in [-0.39, 0.29) is 34.6 Å². The van der Waals surface area contributed by atoms with Crippen LogP contribution >= 0.6 is 0 Å². The molecule has 0 saturated heterocycles. The molecule has 3 N–H and O–H groups in total. The number of ether oxygens (including phenoxy) is 1. The van der Waals surface area contributed by atoms with Gasteiger partial charge in [0.15, 0.2) is 0 Å². The molecule has 0 heterocycles. The van der Waals surface area contributed by atoms with Gasteiger partial charge in [-0.05, 0) is 97.2 Å². The predicted molar refractivity (Wildman–Crippen MR) is 193 cm³/mol. The maximum Gasteiger partial charge on any atom is 0.306 e. The zero-order valence-electron chi connectivity index (χ0n) is 31.9. The standard InChI is InChI=1S/C42H74O6/c1-8-9-10-11-12-13-14-15-16-17-18-19-38(45)48-37-25-34-35(43)24-30-32-21-20-31(29(5)40(47)39(46)28(4)27(2)3)41(32,6)23-22-33(30)42(34,7)26-36(37)44/h27-34,36-37,39-40,44,46-47H,8-26H2,1-7H3/t28-,29+,30+,31-,32+,33+,34-,36-,37-,39-,40-,41-,42-/m1/s1. The second-order valence-corrected chi connectivity index (χ2v) is 18.1. The zero-order chi connectivity index (χ0) is 35.2. The van der Waals surface area contributed by atoms with Crippen molar-refractivity contribution in [1.29, 1.82) is 0 Å². The van der Waals surface area contributed by atoms with Gasteiger partial charge in [-0.15, -0.1) is 0 Å². The summed E-state index contributed by atoms with van der Waals surface area (Å²) < 4.78 is 5.89. The molecule has 0 aliphatic heterocycles. The zero-order valence-corrected chi connectivity index (χ0v) is 31.9. The molecular formula is C42H74O6. The Balaban J connectivity index is 1.28. The number of Topliss-reactive ketones (excluding diaryl/α,β-unsaturated/α-hetero) is 1. The molecule has 0 spiro atoms. The van der Waals surface area contributed by atoms with Gasteiger partial charge in [-0.3, -0.25) is 9.59 Å². The molecule has 278 valence electrons. The molecule has 6 heteroatoms. The molecule has 0 aromatic rings. The van der Waals surface area contributed by atoms with Crippen LogP contribution in [0.5, 0.6) is 0 Å². The molecule has 6 nitrogen and oxygen atoms in total. The molecule has 0 aromatic carbocycles. The summed E-state index contributed by atoms with van der Waals surface area (Å²) in [6.45, 7) is 15.2. The number of rotatable bonds is 18. The first-order valence-electron chi connectivity index (χ1n) is 20.5. The highest BCUT2D eigenvalue weighted by Crippen LogP contribution is 2.68. The number of unbranched alkanes of at least 4 members (excludes halogenated alkanes) is 10. The summed E-state index contributed by atoms with van der Waals surface area (Å²) in [5.74, 6) is 1.60. The highest BCUT2D eigenvalue weighted by atomic mass is 16.6. The molecular weight excluding hydrogens is 600 g/mol. The number of carbonyl (C=O) groups excluding carboxylic acids is 2. The topological polar surface area (TPSA) is 104 Å². The highest BCUT2D eigenvalue weighted by Gasteiger charge is 2.64. The second kappa shape index (κ2) is 17.5. The number of hydrogen-bond donors (Lipinski definition) is 3. The van der Waals surface area contributed by atoms with Crippen LogP contribution in [-0.4, -0.2) is 51.5 Å². The molecule has 4 rings (SSSR count). The number of ketones is 1. The average Bonchev–Trinajstić information content (AvgIpc) is 3.40. The van der Waals surface area contributed by atoms with E-state index in [0.717, 1.165) is 44.9 Å². The van der Waals surface area contributed by atoms with Crippen molar-refractivity contribution < 1.29 is 29.6 Å². The molecule has 4 aliphatic carbocycles. The van der Waals surface area contributed by atoms with Crippen molar-refractivity contribution >= 4 is 11.8 Å². The molecule has 0 amide bonds. The molecule has 48 heavy (non-hydrogen) atoms. The number of carbonyl (C=O) groups is 2. The number of aliphatic hydroxyl groups excluding tert-OH is 3.